The molecule has 1 N–H and O–H groups in total. The number of carboxylic acids is 1. The van der Waals surface area contributed by atoms with Gasteiger partial charge in [-0.15, -0.1) is 0 Å². The molecule has 4 nitrogen and oxygen atoms in total. The van der Waals surface area contributed by atoms with Crippen LogP contribution in [-0.4, -0.2) is 23.1 Å². The van der Waals surface area contributed by atoms with Crippen molar-refractivity contribution >= 4 is 11.9 Å². The molecule has 1 saturated heterocycles. The van der Waals surface area contributed by atoms with Crippen LogP contribution in [0.1, 0.15) is 19.3 Å². The van der Waals surface area contributed by atoms with Crippen LogP contribution in [0.4, 0.5) is 0 Å². The highest BCUT2D eigenvalue weighted by Crippen LogP contribution is 2.13. The number of cyclic esters (lactones) is 1. The highest BCUT2D eigenvalue weighted by atomic mass is 16.6. The zero-order valence-corrected chi connectivity index (χ0v) is 5.37. The summed E-state index contributed by atoms with van der Waals surface area (Å²) in [4.78, 5) is 20.7. The molecule has 0 radical (unpaired) electrons. The lowest BCUT2D eigenvalue weighted by atomic mass is 10.1. The van der Waals surface area contributed by atoms with Gasteiger partial charge in [0.15, 0.2) is 6.10 Å². The van der Waals surface area contributed by atoms with Gasteiger partial charge in [-0.2, -0.15) is 0 Å². The predicted molar refractivity (Wildman–Crippen MR) is 31.4 cm³/mol. The first-order valence-corrected chi connectivity index (χ1v) is 3.12. The van der Waals surface area contributed by atoms with Crippen molar-refractivity contribution in [1.29, 1.82) is 0 Å². The minimum atomic E-state index is -1.05. The smallest absolute Gasteiger partial charge is 0.345 e. The van der Waals surface area contributed by atoms with Crippen molar-refractivity contribution < 1.29 is 19.4 Å². The van der Waals surface area contributed by atoms with Gasteiger partial charge in [0.1, 0.15) is 0 Å². The first-order chi connectivity index (χ1) is 4.70. The van der Waals surface area contributed by atoms with Crippen LogP contribution >= 0.6 is 0 Å². The number of aliphatic carboxylic acids is 1. The second-order valence-electron chi connectivity index (χ2n) is 2.21. The Labute approximate surface area is 57.8 Å². The monoisotopic (exact) mass is 144 g/mol. The van der Waals surface area contributed by atoms with Gasteiger partial charge in [0.25, 0.3) is 0 Å². The highest BCUT2D eigenvalue weighted by Gasteiger charge is 2.25. The van der Waals surface area contributed by atoms with Crippen LogP contribution in [0, 0.1) is 0 Å². The van der Waals surface area contributed by atoms with Crippen molar-refractivity contribution in [3.63, 3.8) is 0 Å². The molecule has 0 spiro atoms. The number of hydrogen-bond donors (Lipinski definition) is 1. The van der Waals surface area contributed by atoms with E-state index in [2.05, 4.69) is 4.74 Å². The summed E-state index contributed by atoms with van der Waals surface area (Å²) in [6.45, 7) is 0. The number of rotatable bonds is 1. The number of carbonyl (C=O) groups is 2. The highest BCUT2D eigenvalue weighted by molar-refractivity contribution is 5.79. The van der Waals surface area contributed by atoms with Gasteiger partial charge in [0.2, 0.25) is 0 Å². The second kappa shape index (κ2) is 2.68. The van der Waals surface area contributed by atoms with Crippen molar-refractivity contribution in [2.45, 2.75) is 25.4 Å². The molecule has 1 unspecified atom stereocenters. The Hall–Kier alpha value is -1.06. The molecule has 1 aliphatic rings. The first kappa shape index (κ1) is 7.05. The maximum atomic E-state index is 10.5. The van der Waals surface area contributed by atoms with E-state index in [1.807, 2.05) is 0 Å². The first-order valence-electron chi connectivity index (χ1n) is 3.12. The van der Waals surface area contributed by atoms with Gasteiger partial charge in [0.05, 0.1) is 0 Å². The summed E-state index contributed by atoms with van der Waals surface area (Å²) in [6.07, 6.45) is 0.516. The molecule has 0 aromatic heterocycles. The van der Waals surface area contributed by atoms with Crippen LogP contribution in [0.25, 0.3) is 0 Å². The van der Waals surface area contributed by atoms with Crippen LogP contribution in [-0.2, 0) is 14.3 Å². The van der Waals surface area contributed by atoms with Gasteiger partial charge in [-0.3, -0.25) is 4.79 Å². The molecule has 1 rings (SSSR count). The van der Waals surface area contributed by atoms with E-state index in [9.17, 15) is 9.59 Å². The normalized spacial score (nSPS) is 25.6. The summed E-state index contributed by atoms with van der Waals surface area (Å²) in [5.74, 6) is -1.45. The van der Waals surface area contributed by atoms with Gasteiger partial charge in [0, 0.05) is 6.42 Å². The number of esters is 1. The average molecular weight is 144 g/mol. The molecule has 0 amide bonds. The molecule has 56 valence electrons. The van der Waals surface area contributed by atoms with Crippen LogP contribution in [0.2, 0.25) is 0 Å². The van der Waals surface area contributed by atoms with E-state index in [1.54, 1.807) is 0 Å². The molecular formula is C6H8O4. The standard InChI is InChI=1S/C6H8O4/c7-5-3-1-2-4(10-5)6(8)9/h4H,1-3H2,(H,8,9). The lowest BCUT2D eigenvalue weighted by molar-refractivity contribution is -0.168. The zero-order valence-electron chi connectivity index (χ0n) is 5.37. The molecule has 1 fully saturated rings. The summed E-state index contributed by atoms with van der Waals surface area (Å²) in [7, 11) is 0. The van der Waals surface area contributed by atoms with Crippen molar-refractivity contribution in [3.05, 3.63) is 0 Å². The van der Waals surface area contributed by atoms with Gasteiger partial charge in [-0.05, 0) is 12.8 Å². The molecule has 0 bridgehead atoms. The molecule has 1 aliphatic heterocycles. The molecule has 1 atom stereocenters. The van der Waals surface area contributed by atoms with E-state index >= 15 is 0 Å². The van der Waals surface area contributed by atoms with Crippen LogP contribution in [0.15, 0.2) is 0 Å². The fourth-order valence-corrected chi connectivity index (χ4v) is 0.882. The van der Waals surface area contributed by atoms with E-state index in [0.717, 1.165) is 0 Å². The van der Waals surface area contributed by atoms with Gasteiger partial charge in [-0.25, -0.2) is 4.79 Å². The molecule has 4 heteroatoms. The Kier molecular flexibility index (Phi) is 1.89. The number of hydrogen-bond acceptors (Lipinski definition) is 3. The molecular weight excluding hydrogens is 136 g/mol. The average Bonchev–Trinajstić information content (AvgIpc) is 1.88. The number of carboxylic acid groups (broad SMARTS) is 1. The van der Waals surface area contributed by atoms with Gasteiger partial charge < -0.3 is 9.84 Å². The molecule has 0 aliphatic carbocycles. The Bertz CT molecular complexity index is 161. The summed E-state index contributed by atoms with van der Waals surface area (Å²) >= 11 is 0. The Morgan fingerprint density at radius 2 is 2.40 bits per heavy atom. The fourth-order valence-electron chi connectivity index (χ4n) is 0.882. The van der Waals surface area contributed by atoms with Crippen LogP contribution < -0.4 is 0 Å². The lowest BCUT2D eigenvalue weighted by Crippen LogP contribution is -2.30. The van der Waals surface area contributed by atoms with Crippen LogP contribution in [0.3, 0.4) is 0 Å². The minimum absolute atomic E-state index is 0.351. The van der Waals surface area contributed by atoms with E-state index < -0.39 is 18.0 Å². The van der Waals surface area contributed by atoms with Gasteiger partial charge >= 0.3 is 11.9 Å². The molecule has 10 heavy (non-hydrogen) atoms. The maximum Gasteiger partial charge on any atom is 0.345 e. The van der Waals surface area contributed by atoms with Crippen LogP contribution in [0.5, 0.6) is 0 Å². The van der Waals surface area contributed by atoms with Gasteiger partial charge in [-0.1, -0.05) is 0 Å². The minimum Gasteiger partial charge on any atom is -0.479 e. The molecule has 1 heterocycles. The fraction of sp³-hybridized carbons (Fsp3) is 0.667. The van der Waals surface area contributed by atoms with E-state index in [4.69, 9.17) is 5.11 Å². The summed E-state index contributed by atoms with van der Waals surface area (Å²) in [6, 6.07) is 0. The topological polar surface area (TPSA) is 63.6 Å². The third-order valence-electron chi connectivity index (χ3n) is 1.40. The lowest BCUT2D eigenvalue weighted by Gasteiger charge is -2.17. The second-order valence-corrected chi connectivity index (χ2v) is 2.21. The Morgan fingerprint density at radius 1 is 1.70 bits per heavy atom. The third kappa shape index (κ3) is 1.46. The molecule has 0 saturated carbocycles. The van der Waals surface area contributed by atoms with E-state index in [0.29, 0.717) is 19.3 Å². The number of ether oxygens (including phenoxy) is 1. The van der Waals surface area contributed by atoms with Crippen molar-refractivity contribution in [3.8, 4) is 0 Å². The Morgan fingerprint density at radius 3 is 2.80 bits per heavy atom. The van der Waals surface area contributed by atoms with E-state index in [-0.39, 0.29) is 0 Å². The summed E-state index contributed by atoms with van der Waals surface area (Å²) in [5.41, 5.74) is 0. The summed E-state index contributed by atoms with van der Waals surface area (Å²) in [5, 5.41) is 8.38. The zero-order chi connectivity index (χ0) is 7.56. The number of carbonyl (C=O) groups excluding carboxylic acids is 1. The largest absolute Gasteiger partial charge is 0.479 e. The third-order valence-corrected chi connectivity index (χ3v) is 1.40. The molecule has 0 aromatic carbocycles. The Balaban J connectivity index is 2.47. The SMILES string of the molecule is O=C1CCCC(C(=O)O)O1. The maximum absolute atomic E-state index is 10.5. The van der Waals surface area contributed by atoms with Crippen molar-refractivity contribution in [1.82, 2.24) is 0 Å². The van der Waals surface area contributed by atoms with Crippen molar-refractivity contribution in [2.24, 2.45) is 0 Å². The predicted octanol–water partition coefficient (Wildman–Crippen LogP) is 0.167. The summed E-state index contributed by atoms with van der Waals surface area (Å²) < 4.78 is 4.51. The van der Waals surface area contributed by atoms with E-state index in [1.165, 1.54) is 0 Å². The quantitative estimate of drug-likeness (QED) is 0.532. The molecule has 0 aromatic rings. The van der Waals surface area contributed by atoms with Crippen molar-refractivity contribution in [2.75, 3.05) is 0 Å².